The van der Waals surface area contributed by atoms with E-state index in [1.54, 1.807) is 36.5 Å². The minimum Gasteiger partial charge on any atom is -0.367 e. The largest absolute Gasteiger partial charge is 0.367 e. The fourth-order valence-electron chi connectivity index (χ4n) is 2.88. The number of rotatable bonds is 8. The molecule has 0 saturated carbocycles. The van der Waals surface area contributed by atoms with Gasteiger partial charge in [0.15, 0.2) is 5.82 Å². The highest BCUT2D eigenvalue weighted by Crippen LogP contribution is 2.11. The van der Waals surface area contributed by atoms with Crippen molar-refractivity contribution in [3.8, 4) is 0 Å². The van der Waals surface area contributed by atoms with Crippen molar-refractivity contribution < 1.29 is 4.79 Å². The Morgan fingerprint density at radius 2 is 1.68 bits per heavy atom. The van der Waals surface area contributed by atoms with E-state index in [0.717, 1.165) is 0 Å². The van der Waals surface area contributed by atoms with E-state index >= 15 is 0 Å². The molecule has 0 saturated heterocycles. The van der Waals surface area contributed by atoms with Crippen LogP contribution in [-0.4, -0.2) is 43.7 Å². The summed E-state index contributed by atoms with van der Waals surface area (Å²) in [7, 11) is 0. The molecule has 4 rings (SSSR count). The van der Waals surface area contributed by atoms with Crippen molar-refractivity contribution in [2.45, 2.75) is 6.54 Å². The zero-order chi connectivity index (χ0) is 21.5. The Morgan fingerprint density at radius 3 is 2.48 bits per heavy atom. The van der Waals surface area contributed by atoms with Gasteiger partial charge in [-0.05, 0) is 36.4 Å². The molecule has 0 aliphatic rings. The van der Waals surface area contributed by atoms with Crippen molar-refractivity contribution in [2.24, 2.45) is 0 Å². The summed E-state index contributed by atoms with van der Waals surface area (Å²) in [4.78, 5) is 33.0. The predicted molar refractivity (Wildman–Crippen MR) is 117 cm³/mol. The molecule has 1 amide bonds. The number of para-hydroxylation sites is 1. The highest BCUT2D eigenvalue weighted by Gasteiger charge is 2.07. The molecule has 0 radical (unpaired) electrons. The summed E-state index contributed by atoms with van der Waals surface area (Å²) in [6, 6.07) is 16.1. The van der Waals surface area contributed by atoms with Gasteiger partial charge in [0.2, 0.25) is 5.91 Å². The maximum Gasteiger partial charge on any atom is 0.261 e. The first kappa shape index (κ1) is 20.0. The number of anilines is 3. The van der Waals surface area contributed by atoms with Crippen molar-refractivity contribution in [1.29, 1.82) is 0 Å². The van der Waals surface area contributed by atoms with E-state index in [4.69, 9.17) is 0 Å². The minimum absolute atomic E-state index is 0.0929. The molecule has 3 N–H and O–H groups in total. The van der Waals surface area contributed by atoms with Gasteiger partial charge in [-0.1, -0.05) is 18.2 Å². The number of carbonyl (C=O) groups is 1. The summed E-state index contributed by atoms with van der Waals surface area (Å²) in [5.41, 5.74) is 0.365. The lowest BCUT2D eigenvalue weighted by molar-refractivity contribution is -0.121. The van der Waals surface area contributed by atoms with Crippen LogP contribution in [-0.2, 0) is 11.3 Å². The third-order valence-corrected chi connectivity index (χ3v) is 4.38. The number of hydrogen-bond donors (Lipinski definition) is 3. The van der Waals surface area contributed by atoms with E-state index in [-0.39, 0.29) is 18.0 Å². The number of nitrogens with zero attached hydrogens (tertiary/aromatic N) is 5. The molecule has 10 heteroatoms. The van der Waals surface area contributed by atoms with Crippen LogP contribution in [0.5, 0.6) is 0 Å². The van der Waals surface area contributed by atoms with E-state index in [0.29, 0.717) is 41.4 Å². The Balaban J connectivity index is 1.23. The Morgan fingerprint density at radius 1 is 0.871 bits per heavy atom. The van der Waals surface area contributed by atoms with Gasteiger partial charge < -0.3 is 16.0 Å². The molecule has 0 spiro atoms. The maximum absolute atomic E-state index is 12.4. The van der Waals surface area contributed by atoms with E-state index in [1.165, 1.54) is 10.9 Å². The molecule has 4 aromatic rings. The van der Waals surface area contributed by atoms with Crippen LogP contribution in [0.15, 0.2) is 71.9 Å². The van der Waals surface area contributed by atoms with Gasteiger partial charge in [-0.15, -0.1) is 10.2 Å². The lowest BCUT2D eigenvalue weighted by Crippen LogP contribution is -2.35. The number of benzene rings is 1. The molecular weight excluding hydrogens is 396 g/mol. The summed E-state index contributed by atoms with van der Waals surface area (Å²) < 4.78 is 1.30. The molecule has 0 aliphatic heterocycles. The highest BCUT2D eigenvalue weighted by atomic mass is 16.2. The van der Waals surface area contributed by atoms with E-state index < -0.39 is 0 Å². The monoisotopic (exact) mass is 416 g/mol. The molecule has 10 nitrogen and oxygen atoms in total. The standard InChI is InChI=1S/C21H20N8O2/c30-20(13-29-14-25-16-6-2-1-5-15(16)21(29)31)24-12-11-23-18-8-9-19(28-27-18)26-17-7-3-4-10-22-17/h1-10,14H,11-13H2,(H,23,27)(H,24,30)(H,22,26,28). The first-order valence-electron chi connectivity index (χ1n) is 9.65. The zero-order valence-electron chi connectivity index (χ0n) is 16.5. The van der Waals surface area contributed by atoms with Crippen molar-refractivity contribution in [1.82, 2.24) is 30.0 Å². The van der Waals surface area contributed by atoms with Crippen LogP contribution in [0.3, 0.4) is 0 Å². The summed E-state index contributed by atoms with van der Waals surface area (Å²) in [6.45, 7) is 0.729. The molecule has 3 aromatic heterocycles. The molecular formula is C21H20N8O2. The quantitative estimate of drug-likeness (QED) is 0.369. The van der Waals surface area contributed by atoms with Crippen molar-refractivity contribution >= 4 is 34.3 Å². The number of nitrogens with one attached hydrogen (secondary N) is 3. The molecule has 0 unspecified atom stereocenters. The Bertz CT molecular complexity index is 1230. The van der Waals surface area contributed by atoms with Gasteiger partial charge in [0.1, 0.15) is 18.2 Å². The third-order valence-electron chi connectivity index (χ3n) is 4.38. The summed E-state index contributed by atoms with van der Waals surface area (Å²) in [5, 5.41) is 17.5. The maximum atomic E-state index is 12.4. The zero-order valence-corrected chi connectivity index (χ0v) is 16.5. The molecule has 0 aliphatic carbocycles. The van der Waals surface area contributed by atoms with E-state index in [2.05, 4.69) is 36.1 Å². The molecule has 0 fully saturated rings. The molecule has 3 heterocycles. The Kier molecular flexibility index (Phi) is 6.08. The van der Waals surface area contributed by atoms with Gasteiger partial charge in [0.25, 0.3) is 5.56 Å². The molecule has 0 atom stereocenters. The average Bonchev–Trinajstić information content (AvgIpc) is 2.80. The van der Waals surface area contributed by atoms with Crippen molar-refractivity contribution in [3.05, 3.63) is 77.5 Å². The minimum atomic E-state index is -0.276. The van der Waals surface area contributed by atoms with Crippen molar-refractivity contribution in [3.63, 3.8) is 0 Å². The van der Waals surface area contributed by atoms with Gasteiger partial charge in [0, 0.05) is 19.3 Å². The first-order valence-corrected chi connectivity index (χ1v) is 9.65. The topological polar surface area (TPSA) is 127 Å². The van der Waals surface area contributed by atoms with Gasteiger partial charge >= 0.3 is 0 Å². The summed E-state index contributed by atoms with van der Waals surface area (Å²) >= 11 is 0. The molecule has 0 bridgehead atoms. The number of hydrogen-bond acceptors (Lipinski definition) is 8. The van der Waals surface area contributed by atoms with Gasteiger partial charge in [-0.25, -0.2) is 9.97 Å². The number of pyridine rings is 1. The number of aromatic nitrogens is 5. The number of carbonyl (C=O) groups excluding carboxylic acids is 1. The first-order chi connectivity index (χ1) is 15.2. The molecule has 1 aromatic carbocycles. The molecule has 31 heavy (non-hydrogen) atoms. The Labute approximate surface area is 177 Å². The van der Waals surface area contributed by atoms with Gasteiger partial charge in [-0.3, -0.25) is 14.2 Å². The van der Waals surface area contributed by atoms with Gasteiger partial charge in [-0.2, -0.15) is 0 Å². The van der Waals surface area contributed by atoms with Crippen LogP contribution in [0, 0.1) is 0 Å². The second-order valence-electron chi connectivity index (χ2n) is 6.62. The number of fused-ring (bicyclic) bond motifs is 1. The lowest BCUT2D eigenvalue weighted by Gasteiger charge is -2.09. The Hall–Kier alpha value is -4.34. The molecule has 156 valence electrons. The summed E-state index contributed by atoms with van der Waals surface area (Å²) in [6.07, 6.45) is 3.07. The fraction of sp³-hybridized carbons (Fsp3) is 0.143. The van der Waals surface area contributed by atoms with Gasteiger partial charge in [0.05, 0.1) is 17.2 Å². The second-order valence-corrected chi connectivity index (χ2v) is 6.62. The van der Waals surface area contributed by atoms with Crippen LogP contribution < -0.4 is 21.5 Å². The van der Waals surface area contributed by atoms with Crippen LogP contribution >= 0.6 is 0 Å². The van der Waals surface area contributed by atoms with E-state index in [1.807, 2.05) is 24.3 Å². The van der Waals surface area contributed by atoms with Crippen LogP contribution in [0.1, 0.15) is 0 Å². The van der Waals surface area contributed by atoms with Crippen molar-refractivity contribution in [2.75, 3.05) is 23.7 Å². The fourth-order valence-corrected chi connectivity index (χ4v) is 2.88. The third kappa shape index (κ3) is 5.18. The smallest absolute Gasteiger partial charge is 0.261 e. The number of amides is 1. The lowest BCUT2D eigenvalue weighted by atomic mass is 10.2. The van der Waals surface area contributed by atoms with Crippen LogP contribution in [0.2, 0.25) is 0 Å². The van der Waals surface area contributed by atoms with E-state index in [9.17, 15) is 9.59 Å². The van der Waals surface area contributed by atoms with Crippen LogP contribution in [0.25, 0.3) is 10.9 Å². The second kappa shape index (κ2) is 9.44. The predicted octanol–water partition coefficient (Wildman–Crippen LogP) is 1.55. The normalized spacial score (nSPS) is 10.6. The average molecular weight is 416 g/mol. The summed E-state index contributed by atoms with van der Waals surface area (Å²) in [5.74, 6) is 1.56. The van der Waals surface area contributed by atoms with Crippen LogP contribution in [0.4, 0.5) is 17.5 Å². The highest BCUT2D eigenvalue weighted by molar-refractivity contribution is 5.78. The SMILES string of the molecule is O=C(Cn1cnc2ccccc2c1=O)NCCNc1ccc(Nc2ccccn2)nn1.